The highest BCUT2D eigenvalue weighted by Gasteiger charge is 2.25. The van der Waals surface area contributed by atoms with Gasteiger partial charge in [0.25, 0.3) is 11.8 Å². The van der Waals surface area contributed by atoms with E-state index in [1.54, 1.807) is 60.7 Å². The number of ether oxygens (including phenoxy) is 1. The number of thioether (sulfide) groups is 1. The number of carbonyl (C=O) groups is 3. The zero-order valence-electron chi connectivity index (χ0n) is 25.6. The van der Waals surface area contributed by atoms with Gasteiger partial charge in [0, 0.05) is 26.6 Å². The fourth-order valence-electron chi connectivity index (χ4n) is 5.18. The molecule has 8 nitrogen and oxygen atoms in total. The number of nitrogens with one attached hydrogen (secondary N) is 3. The first kappa shape index (κ1) is 32.5. The first-order valence-corrected chi connectivity index (χ1v) is 16.7. The van der Waals surface area contributed by atoms with Gasteiger partial charge >= 0.3 is 0 Å². The van der Waals surface area contributed by atoms with E-state index in [2.05, 4.69) is 22.0 Å². The van der Waals surface area contributed by atoms with Crippen LogP contribution in [0.15, 0.2) is 89.5 Å². The molecule has 3 N–H and O–H groups in total. The number of anilines is 2. The van der Waals surface area contributed by atoms with Crippen molar-refractivity contribution in [3.05, 3.63) is 112 Å². The quantitative estimate of drug-likeness (QED) is 0.115. The molecule has 1 atom stereocenters. The van der Waals surface area contributed by atoms with Crippen LogP contribution < -0.4 is 20.7 Å². The molecule has 4 aromatic rings. The average molecular weight is 651 g/mol. The second-order valence-corrected chi connectivity index (χ2v) is 13.0. The minimum absolute atomic E-state index is 0.0363. The van der Waals surface area contributed by atoms with E-state index in [0.29, 0.717) is 39.5 Å². The van der Waals surface area contributed by atoms with Crippen molar-refractivity contribution < 1.29 is 19.1 Å². The van der Waals surface area contributed by atoms with Crippen molar-refractivity contribution in [2.45, 2.75) is 49.2 Å². The molecule has 234 valence electrons. The zero-order chi connectivity index (χ0) is 32.5. The highest BCUT2D eigenvalue weighted by Crippen LogP contribution is 2.38. The van der Waals surface area contributed by atoms with Crippen molar-refractivity contribution in [2.75, 3.05) is 17.7 Å². The fraction of sp³-hybridized carbons (Fsp3) is 0.222. The topological polar surface area (TPSA) is 120 Å². The molecular formula is C36H34N4O4S2. The summed E-state index contributed by atoms with van der Waals surface area (Å²) in [5, 5.41) is 18.7. The van der Waals surface area contributed by atoms with Gasteiger partial charge in [-0.1, -0.05) is 49.4 Å². The Morgan fingerprint density at radius 1 is 1.00 bits per heavy atom. The maximum absolute atomic E-state index is 13.6. The maximum atomic E-state index is 13.6. The lowest BCUT2D eigenvalue weighted by Gasteiger charge is -2.16. The van der Waals surface area contributed by atoms with E-state index < -0.39 is 17.1 Å². The molecule has 5 rings (SSSR count). The van der Waals surface area contributed by atoms with Gasteiger partial charge < -0.3 is 20.7 Å². The lowest BCUT2D eigenvalue weighted by atomic mass is 9.96. The number of nitrogens with zero attached hydrogens (tertiary/aromatic N) is 1. The van der Waals surface area contributed by atoms with E-state index in [9.17, 15) is 19.6 Å². The summed E-state index contributed by atoms with van der Waals surface area (Å²) in [6.45, 7) is 1.94. The molecule has 46 heavy (non-hydrogen) atoms. The van der Waals surface area contributed by atoms with Gasteiger partial charge in [0.2, 0.25) is 5.91 Å². The second-order valence-electron chi connectivity index (χ2n) is 10.6. The monoisotopic (exact) mass is 650 g/mol. The van der Waals surface area contributed by atoms with Crippen molar-refractivity contribution >= 4 is 57.6 Å². The normalized spacial score (nSPS) is 13.1. The largest absolute Gasteiger partial charge is 0.496 e. The van der Waals surface area contributed by atoms with Crippen molar-refractivity contribution in [3.63, 3.8) is 0 Å². The van der Waals surface area contributed by atoms with Gasteiger partial charge in [0.15, 0.2) is 0 Å². The number of hydrogen-bond acceptors (Lipinski definition) is 7. The molecule has 0 saturated carbocycles. The first-order valence-electron chi connectivity index (χ1n) is 15.0. The number of benzene rings is 3. The van der Waals surface area contributed by atoms with Crippen LogP contribution in [0.5, 0.6) is 5.75 Å². The average Bonchev–Trinajstić information content (AvgIpc) is 3.44. The Morgan fingerprint density at radius 2 is 1.76 bits per heavy atom. The fourth-order valence-corrected chi connectivity index (χ4v) is 7.44. The van der Waals surface area contributed by atoms with E-state index in [1.165, 1.54) is 35.1 Å². The van der Waals surface area contributed by atoms with Gasteiger partial charge in [-0.15, -0.1) is 23.1 Å². The summed E-state index contributed by atoms with van der Waals surface area (Å²) >= 11 is 2.90. The first-order chi connectivity index (χ1) is 22.4. The second kappa shape index (κ2) is 15.4. The molecule has 0 radical (unpaired) electrons. The Balaban J connectivity index is 1.32. The smallest absolute Gasteiger partial charge is 0.272 e. The van der Waals surface area contributed by atoms with Crippen LogP contribution in [-0.2, 0) is 22.4 Å². The number of methoxy groups -OCH3 is 1. The van der Waals surface area contributed by atoms with Gasteiger partial charge in [-0.05, 0) is 80.1 Å². The Hall–Kier alpha value is -4.85. The summed E-state index contributed by atoms with van der Waals surface area (Å²) in [6, 6.07) is 25.4. The number of carbonyl (C=O) groups excluding carboxylic acids is 3. The van der Waals surface area contributed by atoms with Crippen LogP contribution in [0.2, 0.25) is 0 Å². The van der Waals surface area contributed by atoms with Crippen LogP contribution >= 0.6 is 23.1 Å². The Morgan fingerprint density at radius 3 is 2.52 bits per heavy atom. The maximum Gasteiger partial charge on any atom is 0.272 e. The van der Waals surface area contributed by atoms with E-state index >= 15 is 0 Å². The van der Waals surface area contributed by atoms with Crippen LogP contribution in [0.4, 0.5) is 10.7 Å². The van der Waals surface area contributed by atoms with Gasteiger partial charge in [0.1, 0.15) is 22.5 Å². The van der Waals surface area contributed by atoms with Crippen LogP contribution in [0, 0.1) is 11.3 Å². The molecule has 0 saturated heterocycles. The molecule has 3 amide bonds. The number of aryl methyl sites for hydroxylation is 1. The van der Waals surface area contributed by atoms with Crippen molar-refractivity contribution in [3.8, 4) is 11.8 Å². The molecule has 10 heteroatoms. The number of rotatable bonds is 11. The summed E-state index contributed by atoms with van der Waals surface area (Å²) in [5.74, 6) is -0.562. The highest BCUT2D eigenvalue weighted by atomic mass is 32.2. The van der Waals surface area contributed by atoms with Crippen LogP contribution in [-0.4, -0.2) is 30.1 Å². The Bertz CT molecular complexity index is 1810. The standard InChI is InChI=1S/C36H34N4O4S2/c1-3-31(35(43)40-36-28(22-37)27-17-8-10-19-32(27)46-36)45-26-16-11-15-25(21-26)38-34(42)29(20-24-14-7-9-18-30(24)44-2)39-33(41)23-12-5-4-6-13-23/h4-7,9,11-16,18,20-21,31H,3,8,10,17,19H2,1-2H3,(H,38,42)(H,39,41)(H,40,43)/b29-20+. The van der Waals surface area contributed by atoms with Crippen molar-refractivity contribution in [1.29, 1.82) is 5.26 Å². The number of thiophene rings is 1. The molecule has 1 heterocycles. The van der Waals surface area contributed by atoms with E-state index in [4.69, 9.17) is 4.74 Å². The number of hydrogen-bond donors (Lipinski definition) is 3. The summed E-state index contributed by atoms with van der Waals surface area (Å²) in [6.07, 6.45) is 6.12. The van der Waals surface area contributed by atoms with Crippen molar-refractivity contribution in [1.82, 2.24) is 5.32 Å². The summed E-state index contributed by atoms with van der Waals surface area (Å²) in [7, 11) is 1.54. The van der Waals surface area contributed by atoms with Crippen LogP contribution in [0.1, 0.15) is 58.1 Å². The van der Waals surface area contributed by atoms with Gasteiger partial charge in [-0.25, -0.2) is 0 Å². The minimum Gasteiger partial charge on any atom is -0.496 e. The van der Waals surface area contributed by atoms with E-state index in [0.717, 1.165) is 36.1 Å². The van der Waals surface area contributed by atoms with Crippen LogP contribution in [0.25, 0.3) is 6.08 Å². The highest BCUT2D eigenvalue weighted by molar-refractivity contribution is 8.00. The molecule has 1 aromatic heterocycles. The molecule has 1 aliphatic carbocycles. The molecule has 0 fully saturated rings. The van der Waals surface area contributed by atoms with Crippen LogP contribution in [0.3, 0.4) is 0 Å². The predicted molar refractivity (Wildman–Crippen MR) is 184 cm³/mol. The third-order valence-corrected chi connectivity index (χ3v) is 10.1. The lowest BCUT2D eigenvalue weighted by molar-refractivity contribution is -0.116. The number of nitriles is 1. The minimum atomic E-state index is -0.521. The SMILES string of the molecule is CCC(Sc1cccc(NC(=O)/C(=C\c2ccccc2OC)NC(=O)c2ccccc2)c1)C(=O)Nc1sc2c(c1C#N)CCCC2. The van der Waals surface area contributed by atoms with Crippen molar-refractivity contribution in [2.24, 2.45) is 0 Å². The van der Waals surface area contributed by atoms with Gasteiger partial charge in [-0.2, -0.15) is 5.26 Å². The molecule has 1 unspecified atom stereocenters. The summed E-state index contributed by atoms with van der Waals surface area (Å²) in [5.41, 5.74) is 3.24. The predicted octanol–water partition coefficient (Wildman–Crippen LogP) is 7.43. The molecule has 0 spiro atoms. The van der Waals surface area contributed by atoms with Gasteiger partial charge in [-0.3, -0.25) is 14.4 Å². The van der Waals surface area contributed by atoms with E-state index in [1.807, 2.05) is 31.2 Å². The number of para-hydroxylation sites is 1. The third-order valence-electron chi connectivity index (χ3n) is 7.52. The third kappa shape index (κ3) is 7.86. The number of amides is 3. The van der Waals surface area contributed by atoms with Gasteiger partial charge in [0.05, 0.1) is 17.9 Å². The summed E-state index contributed by atoms with van der Waals surface area (Å²) < 4.78 is 5.45. The zero-order valence-corrected chi connectivity index (χ0v) is 27.2. The molecule has 0 aliphatic heterocycles. The number of fused-ring (bicyclic) bond motifs is 1. The van der Waals surface area contributed by atoms with E-state index in [-0.39, 0.29) is 11.6 Å². The molecule has 1 aliphatic rings. The Labute approximate surface area is 276 Å². The molecular weight excluding hydrogens is 617 g/mol. The lowest BCUT2D eigenvalue weighted by Crippen LogP contribution is -2.30. The summed E-state index contributed by atoms with van der Waals surface area (Å²) in [4.78, 5) is 42.0. The Kier molecular flexibility index (Phi) is 10.9. The molecule has 0 bridgehead atoms. The molecule has 3 aromatic carbocycles.